The van der Waals surface area contributed by atoms with Gasteiger partial charge in [0.25, 0.3) is 0 Å². The second kappa shape index (κ2) is 9.32. The summed E-state index contributed by atoms with van der Waals surface area (Å²) < 4.78 is 23.5. The standard InChI is InChI=1S/C37H24N4/c1-23-13-14-25-16-17-26-19-20-32(39-36(26)35(25)38-23)28-9-6-10-30(22-28)37-40-33-12-5-4-11-31(33)34(41-37)29-18-15-24-7-2-3-8-27(24)21-29/h2-22H,1H3/i1D3. The maximum absolute atomic E-state index is 7.83. The van der Waals surface area contributed by atoms with Crippen LogP contribution < -0.4 is 0 Å². The average Bonchev–Trinajstić information content (AvgIpc) is 3.06. The van der Waals surface area contributed by atoms with E-state index in [9.17, 15) is 0 Å². The number of fused-ring (bicyclic) bond motifs is 5. The van der Waals surface area contributed by atoms with Crippen LogP contribution in [0.25, 0.3) is 77.4 Å². The normalized spacial score (nSPS) is 12.9. The van der Waals surface area contributed by atoms with Gasteiger partial charge in [0.1, 0.15) is 0 Å². The maximum Gasteiger partial charge on any atom is 0.160 e. The third kappa shape index (κ3) is 4.09. The molecule has 0 fully saturated rings. The molecule has 0 N–H and O–H groups in total. The van der Waals surface area contributed by atoms with Gasteiger partial charge in [0.05, 0.1) is 27.9 Å². The molecule has 0 aliphatic heterocycles. The molecule has 3 aromatic heterocycles. The fraction of sp³-hybridized carbons (Fsp3) is 0.0270. The summed E-state index contributed by atoms with van der Waals surface area (Å²) in [7, 11) is 0. The SMILES string of the molecule is [2H]C([2H])([2H])c1ccc2ccc3ccc(-c4cccc(-c5nc(-c6ccc7ccccc7c6)c6ccccc6n5)c4)nc3c2n1. The summed E-state index contributed by atoms with van der Waals surface area (Å²) in [4.78, 5) is 19.6. The van der Waals surface area contributed by atoms with E-state index in [4.69, 9.17) is 19.1 Å². The molecular formula is C37H24N4. The summed E-state index contributed by atoms with van der Waals surface area (Å²) >= 11 is 0. The Balaban J connectivity index is 1.27. The van der Waals surface area contributed by atoms with Crippen molar-refractivity contribution in [2.45, 2.75) is 6.85 Å². The number of nitrogens with zero attached hydrogens (tertiary/aromatic N) is 4. The number of pyridine rings is 2. The summed E-state index contributed by atoms with van der Waals surface area (Å²) in [5, 5.41) is 5.07. The molecule has 4 nitrogen and oxygen atoms in total. The molecule has 0 saturated carbocycles. The molecule has 0 bridgehead atoms. The van der Waals surface area contributed by atoms with E-state index in [0.29, 0.717) is 16.9 Å². The second-order valence-electron chi connectivity index (χ2n) is 10.2. The molecule has 41 heavy (non-hydrogen) atoms. The lowest BCUT2D eigenvalue weighted by Gasteiger charge is -2.11. The van der Waals surface area contributed by atoms with Crippen LogP contribution in [0.2, 0.25) is 0 Å². The van der Waals surface area contributed by atoms with Crippen LogP contribution in [-0.4, -0.2) is 19.9 Å². The highest BCUT2D eigenvalue weighted by Gasteiger charge is 2.13. The number of benzene rings is 5. The highest BCUT2D eigenvalue weighted by Crippen LogP contribution is 2.33. The Bertz CT molecular complexity index is 2400. The zero-order chi connectivity index (χ0) is 29.8. The molecule has 0 radical (unpaired) electrons. The first-order chi connectivity index (χ1) is 21.4. The van der Waals surface area contributed by atoms with Crippen molar-refractivity contribution < 1.29 is 4.11 Å². The van der Waals surface area contributed by atoms with Gasteiger partial charge in [-0.05, 0) is 48.0 Å². The monoisotopic (exact) mass is 527 g/mol. The molecule has 192 valence electrons. The molecule has 0 unspecified atom stereocenters. The molecule has 0 spiro atoms. The first-order valence-corrected chi connectivity index (χ1v) is 13.5. The lowest BCUT2D eigenvalue weighted by atomic mass is 10.0. The summed E-state index contributed by atoms with van der Waals surface area (Å²) in [5.74, 6) is 0.629. The van der Waals surface area contributed by atoms with Crippen molar-refractivity contribution in [1.29, 1.82) is 0 Å². The summed E-state index contributed by atoms with van der Waals surface area (Å²) in [6, 6.07) is 42.2. The van der Waals surface area contributed by atoms with E-state index < -0.39 is 6.85 Å². The molecule has 0 aliphatic rings. The van der Waals surface area contributed by atoms with E-state index in [0.717, 1.165) is 55.1 Å². The number of hydrogen-bond donors (Lipinski definition) is 0. The number of hydrogen-bond acceptors (Lipinski definition) is 4. The van der Waals surface area contributed by atoms with Crippen LogP contribution in [0.4, 0.5) is 0 Å². The molecule has 8 aromatic rings. The van der Waals surface area contributed by atoms with Crippen LogP contribution >= 0.6 is 0 Å². The van der Waals surface area contributed by atoms with Crippen LogP contribution in [-0.2, 0) is 0 Å². The van der Waals surface area contributed by atoms with Crippen molar-refractivity contribution in [3.63, 3.8) is 0 Å². The van der Waals surface area contributed by atoms with Crippen LogP contribution in [0.5, 0.6) is 0 Å². The Morgan fingerprint density at radius 3 is 2.12 bits per heavy atom. The van der Waals surface area contributed by atoms with Crippen LogP contribution in [0.1, 0.15) is 9.81 Å². The fourth-order valence-corrected chi connectivity index (χ4v) is 5.51. The van der Waals surface area contributed by atoms with E-state index in [1.165, 1.54) is 5.39 Å². The number of para-hydroxylation sites is 1. The summed E-state index contributed by atoms with van der Waals surface area (Å²) in [6.45, 7) is -2.30. The first kappa shape index (κ1) is 20.4. The van der Waals surface area contributed by atoms with E-state index in [-0.39, 0.29) is 5.69 Å². The average molecular weight is 528 g/mol. The van der Waals surface area contributed by atoms with Crippen molar-refractivity contribution in [2.24, 2.45) is 0 Å². The van der Waals surface area contributed by atoms with Gasteiger partial charge in [-0.3, -0.25) is 4.98 Å². The molecule has 4 heteroatoms. The van der Waals surface area contributed by atoms with E-state index in [1.54, 1.807) is 12.1 Å². The van der Waals surface area contributed by atoms with E-state index in [2.05, 4.69) is 47.4 Å². The quantitative estimate of drug-likeness (QED) is 0.215. The van der Waals surface area contributed by atoms with Crippen LogP contribution in [0.3, 0.4) is 0 Å². The van der Waals surface area contributed by atoms with Crippen LogP contribution in [0.15, 0.2) is 127 Å². The zero-order valence-electron chi connectivity index (χ0n) is 24.9. The Kier molecular flexibility index (Phi) is 4.64. The minimum atomic E-state index is -2.30. The van der Waals surface area contributed by atoms with Crippen molar-refractivity contribution in [3.8, 4) is 33.9 Å². The third-order valence-electron chi connectivity index (χ3n) is 7.56. The molecule has 3 heterocycles. The molecule has 0 amide bonds. The predicted molar refractivity (Wildman–Crippen MR) is 169 cm³/mol. The van der Waals surface area contributed by atoms with Gasteiger partial charge in [0.15, 0.2) is 5.82 Å². The highest BCUT2D eigenvalue weighted by molar-refractivity contribution is 6.03. The molecule has 8 rings (SSSR count). The van der Waals surface area contributed by atoms with Gasteiger partial charge in [-0.25, -0.2) is 15.0 Å². The van der Waals surface area contributed by atoms with E-state index >= 15 is 0 Å². The topological polar surface area (TPSA) is 51.6 Å². The van der Waals surface area contributed by atoms with Crippen molar-refractivity contribution in [3.05, 3.63) is 133 Å². The Morgan fingerprint density at radius 2 is 1.22 bits per heavy atom. The lowest BCUT2D eigenvalue weighted by molar-refractivity contribution is 1.23. The van der Waals surface area contributed by atoms with Crippen molar-refractivity contribution >= 4 is 43.5 Å². The maximum atomic E-state index is 7.83. The Hall–Kier alpha value is -5.48. The second-order valence-corrected chi connectivity index (χ2v) is 10.2. The lowest BCUT2D eigenvalue weighted by Crippen LogP contribution is -1.96. The van der Waals surface area contributed by atoms with Crippen LogP contribution in [0, 0.1) is 6.85 Å². The number of rotatable bonds is 3. The highest BCUT2D eigenvalue weighted by atomic mass is 14.9. The van der Waals surface area contributed by atoms with Gasteiger partial charge < -0.3 is 0 Å². The molecular weight excluding hydrogens is 500 g/mol. The number of aromatic nitrogens is 4. The Labute approximate surface area is 241 Å². The van der Waals surface area contributed by atoms with Gasteiger partial charge in [-0.2, -0.15) is 0 Å². The van der Waals surface area contributed by atoms with Gasteiger partial charge in [-0.1, -0.05) is 97.1 Å². The fourth-order valence-electron chi connectivity index (χ4n) is 5.51. The van der Waals surface area contributed by atoms with Crippen molar-refractivity contribution in [1.82, 2.24) is 19.9 Å². The summed E-state index contributed by atoms with van der Waals surface area (Å²) in [6.07, 6.45) is 0. The Morgan fingerprint density at radius 1 is 0.488 bits per heavy atom. The molecule has 0 aliphatic carbocycles. The van der Waals surface area contributed by atoms with Gasteiger partial charge in [0.2, 0.25) is 0 Å². The van der Waals surface area contributed by atoms with E-state index in [1.807, 2.05) is 72.8 Å². The predicted octanol–water partition coefficient (Wildman–Crippen LogP) is 9.19. The van der Waals surface area contributed by atoms with Gasteiger partial charge >= 0.3 is 0 Å². The molecule has 0 saturated heterocycles. The minimum Gasteiger partial charge on any atom is -0.251 e. The molecule has 0 atom stereocenters. The number of aryl methyl sites for hydroxylation is 1. The first-order valence-electron chi connectivity index (χ1n) is 15.0. The van der Waals surface area contributed by atoms with Gasteiger partial charge in [-0.15, -0.1) is 0 Å². The summed E-state index contributed by atoms with van der Waals surface area (Å²) in [5.41, 5.74) is 6.61. The zero-order valence-corrected chi connectivity index (χ0v) is 21.9. The minimum absolute atomic E-state index is 0.0578. The largest absolute Gasteiger partial charge is 0.251 e. The third-order valence-corrected chi connectivity index (χ3v) is 7.56. The molecule has 5 aromatic carbocycles. The van der Waals surface area contributed by atoms with Crippen molar-refractivity contribution in [2.75, 3.05) is 0 Å². The van der Waals surface area contributed by atoms with Gasteiger partial charge in [0, 0.05) is 42.7 Å². The smallest absolute Gasteiger partial charge is 0.160 e.